The summed E-state index contributed by atoms with van der Waals surface area (Å²) in [5.74, 6) is 1.59. The maximum absolute atomic E-state index is 7.32. The molecule has 0 aromatic heterocycles. The third-order valence-corrected chi connectivity index (χ3v) is 3.58. The van der Waals surface area contributed by atoms with Crippen molar-refractivity contribution in [3.8, 4) is 11.5 Å². The number of nitrogens with one attached hydrogen (secondary N) is 1. The van der Waals surface area contributed by atoms with E-state index in [1.807, 2.05) is 54.6 Å². The Morgan fingerprint density at radius 3 is 2.40 bits per heavy atom. The summed E-state index contributed by atoms with van der Waals surface area (Å²) < 4.78 is 5.80. The highest BCUT2D eigenvalue weighted by atomic mass is 16.5. The molecule has 1 aliphatic carbocycles. The zero-order valence-corrected chi connectivity index (χ0v) is 11.2. The van der Waals surface area contributed by atoms with Crippen LogP contribution in [0.3, 0.4) is 0 Å². The van der Waals surface area contributed by atoms with Crippen molar-refractivity contribution in [2.75, 3.05) is 5.32 Å². The van der Waals surface area contributed by atoms with E-state index >= 15 is 0 Å². The lowest BCUT2D eigenvalue weighted by Crippen LogP contribution is -2.41. The number of nitrogens with zero attached hydrogens (tertiary/aromatic N) is 1. The van der Waals surface area contributed by atoms with E-state index in [1.165, 1.54) is 0 Å². The van der Waals surface area contributed by atoms with Gasteiger partial charge in [0, 0.05) is 24.6 Å². The van der Waals surface area contributed by atoms with Gasteiger partial charge in [0.2, 0.25) is 0 Å². The standard InChI is InChI=1S/C17H16N2O/c1-18-17(11-6-12-17)19-14-7-5-10-16(13-14)20-15-8-3-2-4-9-15/h2-5,7-10,13,19H,6,11-12H2. The Hall–Kier alpha value is -2.47. The fraction of sp³-hybridized carbons (Fsp3) is 0.235. The molecule has 0 unspecified atom stereocenters. The minimum atomic E-state index is -0.397. The van der Waals surface area contributed by atoms with E-state index in [1.54, 1.807) is 0 Å². The average molecular weight is 264 g/mol. The quantitative estimate of drug-likeness (QED) is 0.810. The Labute approximate surface area is 119 Å². The van der Waals surface area contributed by atoms with E-state index in [-0.39, 0.29) is 0 Å². The summed E-state index contributed by atoms with van der Waals surface area (Å²) >= 11 is 0. The maximum Gasteiger partial charge on any atom is 0.305 e. The molecule has 0 spiro atoms. The smallest absolute Gasteiger partial charge is 0.305 e. The monoisotopic (exact) mass is 264 g/mol. The van der Waals surface area contributed by atoms with E-state index in [4.69, 9.17) is 11.3 Å². The molecular weight excluding hydrogens is 248 g/mol. The Kier molecular flexibility index (Phi) is 3.30. The van der Waals surface area contributed by atoms with Crippen molar-refractivity contribution < 1.29 is 4.74 Å². The van der Waals surface area contributed by atoms with Crippen molar-refractivity contribution in [3.05, 3.63) is 66.0 Å². The minimum absolute atomic E-state index is 0.397. The normalized spacial score (nSPS) is 15.8. The highest BCUT2D eigenvalue weighted by molar-refractivity contribution is 5.52. The van der Waals surface area contributed by atoms with Gasteiger partial charge in [0.15, 0.2) is 0 Å². The molecule has 0 bridgehead atoms. The molecule has 0 saturated heterocycles. The van der Waals surface area contributed by atoms with Gasteiger partial charge in [-0.3, -0.25) is 4.85 Å². The molecule has 1 aliphatic rings. The van der Waals surface area contributed by atoms with Crippen LogP contribution in [0.1, 0.15) is 19.3 Å². The van der Waals surface area contributed by atoms with E-state index < -0.39 is 5.66 Å². The highest BCUT2D eigenvalue weighted by Crippen LogP contribution is 2.37. The Morgan fingerprint density at radius 1 is 1.00 bits per heavy atom. The summed E-state index contributed by atoms with van der Waals surface area (Å²) in [4.78, 5) is 3.73. The molecule has 0 amide bonds. The van der Waals surface area contributed by atoms with Gasteiger partial charge in [-0.05, 0) is 30.7 Å². The van der Waals surface area contributed by atoms with Gasteiger partial charge in [-0.15, -0.1) is 0 Å². The fourth-order valence-electron chi connectivity index (χ4n) is 2.31. The van der Waals surface area contributed by atoms with Gasteiger partial charge in [-0.2, -0.15) is 0 Å². The number of ether oxygens (including phenoxy) is 1. The predicted octanol–water partition coefficient (Wildman–Crippen LogP) is 4.69. The molecule has 1 fully saturated rings. The van der Waals surface area contributed by atoms with Crippen LogP contribution >= 0.6 is 0 Å². The van der Waals surface area contributed by atoms with E-state index in [0.29, 0.717) is 0 Å². The first-order chi connectivity index (χ1) is 9.80. The second-order valence-corrected chi connectivity index (χ2v) is 5.06. The van der Waals surface area contributed by atoms with E-state index in [9.17, 15) is 0 Å². The lowest BCUT2D eigenvalue weighted by Gasteiger charge is -2.31. The van der Waals surface area contributed by atoms with Crippen LogP contribution in [0.4, 0.5) is 5.69 Å². The van der Waals surface area contributed by atoms with Gasteiger partial charge in [0.1, 0.15) is 11.5 Å². The third-order valence-electron chi connectivity index (χ3n) is 3.58. The average Bonchev–Trinajstić information content (AvgIpc) is 2.44. The van der Waals surface area contributed by atoms with Crippen molar-refractivity contribution in [3.63, 3.8) is 0 Å². The Morgan fingerprint density at radius 2 is 1.75 bits per heavy atom. The molecule has 2 aromatic carbocycles. The molecule has 1 N–H and O–H groups in total. The zero-order chi connectivity index (χ0) is 13.8. The molecular formula is C17H16N2O. The number of anilines is 1. The van der Waals surface area contributed by atoms with Gasteiger partial charge in [0.25, 0.3) is 0 Å². The molecule has 3 heteroatoms. The number of para-hydroxylation sites is 1. The highest BCUT2D eigenvalue weighted by Gasteiger charge is 2.43. The molecule has 3 nitrogen and oxygen atoms in total. The second kappa shape index (κ2) is 5.26. The first kappa shape index (κ1) is 12.6. The van der Waals surface area contributed by atoms with Crippen LogP contribution in [0.15, 0.2) is 54.6 Å². The third kappa shape index (κ3) is 2.60. The van der Waals surface area contributed by atoms with Crippen molar-refractivity contribution in [2.45, 2.75) is 24.9 Å². The maximum atomic E-state index is 7.32. The number of hydrogen-bond donors (Lipinski definition) is 1. The van der Waals surface area contributed by atoms with Crippen LogP contribution in [0, 0.1) is 6.57 Å². The number of rotatable bonds is 4. The van der Waals surface area contributed by atoms with Crippen LogP contribution in [0.5, 0.6) is 11.5 Å². The van der Waals surface area contributed by atoms with Crippen LogP contribution in [-0.4, -0.2) is 5.66 Å². The largest absolute Gasteiger partial charge is 0.457 e. The molecule has 0 radical (unpaired) electrons. The van der Waals surface area contributed by atoms with Gasteiger partial charge >= 0.3 is 5.66 Å². The SMILES string of the molecule is [C-]#[N+]C1(Nc2cccc(Oc3ccccc3)c2)CCC1. The van der Waals surface area contributed by atoms with Crippen LogP contribution < -0.4 is 10.1 Å². The van der Waals surface area contributed by atoms with E-state index in [0.717, 1.165) is 36.4 Å². The zero-order valence-electron chi connectivity index (χ0n) is 11.2. The van der Waals surface area contributed by atoms with E-state index in [2.05, 4.69) is 10.2 Å². The molecule has 2 aromatic rings. The Bertz CT molecular complexity index is 627. The second-order valence-electron chi connectivity index (χ2n) is 5.06. The summed E-state index contributed by atoms with van der Waals surface area (Å²) in [6, 6.07) is 17.5. The summed E-state index contributed by atoms with van der Waals surface area (Å²) in [6.45, 7) is 7.32. The molecule has 0 heterocycles. The van der Waals surface area contributed by atoms with Gasteiger partial charge in [-0.1, -0.05) is 24.3 Å². The summed E-state index contributed by atoms with van der Waals surface area (Å²) in [5.41, 5.74) is 0.542. The molecule has 3 rings (SSSR count). The minimum Gasteiger partial charge on any atom is -0.457 e. The van der Waals surface area contributed by atoms with Gasteiger partial charge in [0.05, 0.1) is 0 Å². The van der Waals surface area contributed by atoms with Gasteiger partial charge < -0.3 is 10.1 Å². The summed E-state index contributed by atoms with van der Waals surface area (Å²) in [5, 5.41) is 3.33. The van der Waals surface area contributed by atoms with Crippen LogP contribution in [0.25, 0.3) is 4.85 Å². The van der Waals surface area contributed by atoms with Crippen molar-refractivity contribution in [2.24, 2.45) is 0 Å². The van der Waals surface area contributed by atoms with Crippen molar-refractivity contribution >= 4 is 5.69 Å². The van der Waals surface area contributed by atoms with Crippen molar-refractivity contribution in [1.82, 2.24) is 0 Å². The van der Waals surface area contributed by atoms with Crippen LogP contribution in [-0.2, 0) is 0 Å². The lowest BCUT2D eigenvalue weighted by molar-refractivity contribution is 0.343. The summed E-state index contributed by atoms with van der Waals surface area (Å²) in [7, 11) is 0. The first-order valence-corrected chi connectivity index (χ1v) is 6.79. The molecule has 1 saturated carbocycles. The summed E-state index contributed by atoms with van der Waals surface area (Å²) in [6.07, 6.45) is 2.95. The molecule has 20 heavy (non-hydrogen) atoms. The first-order valence-electron chi connectivity index (χ1n) is 6.79. The van der Waals surface area contributed by atoms with Crippen molar-refractivity contribution in [1.29, 1.82) is 0 Å². The number of benzene rings is 2. The van der Waals surface area contributed by atoms with Crippen LogP contribution in [0.2, 0.25) is 0 Å². The topological polar surface area (TPSA) is 25.6 Å². The fourth-order valence-corrected chi connectivity index (χ4v) is 2.31. The molecule has 0 atom stereocenters. The molecule has 0 aliphatic heterocycles. The predicted molar refractivity (Wildman–Crippen MR) is 79.8 cm³/mol. The Balaban J connectivity index is 1.75. The lowest BCUT2D eigenvalue weighted by atomic mass is 9.85. The van der Waals surface area contributed by atoms with Gasteiger partial charge in [-0.25, -0.2) is 6.57 Å². The molecule has 100 valence electrons. The number of hydrogen-bond acceptors (Lipinski definition) is 2.